The Morgan fingerprint density at radius 2 is 1.72 bits per heavy atom. The summed E-state index contributed by atoms with van der Waals surface area (Å²) >= 11 is 0. The molecule has 0 spiro atoms. The van der Waals surface area contributed by atoms with Crippen LogP contribution >= 0.6 is 0 Å². The number of sulfonamides is 1. The molecule has 0 aromatic heterocycles. The first-order valence-corrected chi connectivity index (χ1v) is 9.39. The van der Waals surface area contributed by atoms with E-state index < -0.39 is 56.5 Å². The lowest BCUT2D eigenvalue weighted by molar-refractivity contribution is -0.140. The van der Waals surface area contributed by atoms with Crippen LogP contribution in [0.4, 0.5) is 23.2 Å². The molecule has 0 bridgehead atoms. The van der Waals surface area contributed by atoms with Gasteiger partial charge in [0.25, 0.3) is 15.9 Å². The van der Waals surface area contributed by atoms with Crippen LogP contribution in [0.15, 0.2) is 47.4 Å². The second-order valence-electron chi connectivity index (χ2n) is 5.69. The van der Waals surface area contributed by atoms with Gasteiger partial charge in [-0.15, -0.1) is 0 Å². The average molecular weight is 434 g/mol. The normalized spacial score (nSPS) is 11.7. The van der Waals surface area contributed by atoms with E-state index in [1.807, 2.05) is 4.72 Å². The van der Waals surface area contributed by atoms with E-state index in [2.05, 4.69) is 5.32 Å². The molecule has 0 heterocycles. The monoisotopic (exact) mass is 434 g/mol. The van der Waals surface area contributed by atoms with Gasteiger partial charge in [0.05, 0.1) is 17.5 Å². The summed E-state index contributed by atoms with van der Waals surface area (Å²) < 4.78 is 78.9. The highest BCUT2D eigenvalue weighted by molar-refractivity contribution is 7.92. The number of anilines is 1. The van der Waals surface area contributed by atoms with E-state index in [1.165, 1.54) is 12.1 Å². The van der Waals surface area contributed by atoms with Crippen molar-refractivity contribution in [2.24, 2.45) is 0 Å². The molecule has 156 valence electrons. The van der Waals surface area contributed by atoms with E-state index in [1.54, 1.807) is 0 Å². The van der Waals surface area contributed by atoms with Crippen molar-refractivity contribution in [3.8, 4) is 0 Å². The highest BCUT2D eigenvalue weighted by atomic mass is 32.2. The maximum Gasteiger partial charge on any atom is 0.419 e. The van der Waals surface area contributed by atoms with Crippen molar-refractivity contribution in [3.63, 3.8) is 0 Å². The van der Waals surface area contributed by atoms with Crippen LogP contribution in [0.2, 0.25) is 0 Å². The molecule has 29 heavy (non-hydrogen) atoms. The Hall–Kier alpha value is -3.15. The molecule has 2 aromatic rings. The Kier molecular flexibility index (Phi) is 6.47. The van der Waals surface area contributed by atoms with Crippen LogP contribution < -0.4 is 10.0 Å². The summed E-state index contributed by atoms with van der Waals surface area (Å²) in [7, 11) is -4.52. The number of nitrogens with one attached hydrogen (secondary N) is 2. The highest BCUT2D eigenvalue weighted by Crippen LogP contribution is 2.33. The first-order chi connectivity index (χ1) is 13.4. The summed E-state index contributed by atoms with van der Waals surface area (Å²) in [4.78, 5) is 22.1. The second kappa shape index (κ2) is 8.47. The number of aliphatic carboxylic acids is 1. The van der Waals surface area contributed by atoms with Gasteiger partial charge < -0.3 is 10.4 Å². The van der Waals surface area contributed by atoms with Crippen LogP contribution in [0, 0.1) is 5.82 Å². The minimum absolute atomic E-state index is 0.261. The van der Waals surface area contributed by atoms with Crippen molar-refractivity contribution in [3.05, 3.63) is 59.4 Å². The molecule has 0 saturated carbocycles. The number of hydrogen-bond acceptors (Lipinski definition) is 4. The minimum atomic E-state index is -5.03. The van der Waals surface area contributed by atoms with E-state index in [0.29, 0.717) is 12.1 Å². The Bertz CT molecular complexity index is 1040. The number of rotatable bonds is 7. The summed E-state index contributed by atoms with van der Waals surface area (Å²) in [5.41, 5.74) is -2.55. The van der Waals surface area contributed by atoms with Crippen LogP contribution in [0.5, 0.6) is 0 Å². The van der Waals surface area contributed by atoms with Gasteiger partial charge in [-0.1, -0.05) is 12.1 Å². The fourth-order valence-electron chi connectivity index (χ4n) is 2.28. The Morgan fingerprint density at radius 1 is 1.07 bits per heavy atom. The standard InChI is InChI=1S/C17H14F4N2O5S/c18-13-6-5-10(9-12(13)17(19,20)21)23-29(27,28)14-4-2-1-3-11(14)16(26)22-8-7-15(24)25/h1-6,9,23H,7-8H2,(H,22,26)(H,24,25). The zero-order valence-corrected chi connectivity index (χ0v) is 15.3. The highest BCUT2D eigenvalue weighted by Gasteiger charge is 2.34. The molecule has 1 amide bonds. The predicted molar refractivity (Wildman–Crippen MR) is 93.2 cm³/mol. The molecular formula is C17H14F4N2O5S. The number of carboxylic acid groups (broad SMARTS) is 1. The maximum atomic E-state index is 13.4. The summed E-state index contributed by atoms with van der Waals surface area (Å²) in [6.45, 7) is -0.261. The number of halogens is 4. The molecule has 0 atom stereocenters. The second-order valence-corrected chi connectivity index (χ2v) is 7.34. The Morgan fingerprint density at radius 3 is 2.34 bits per heavy atom. The molecule has 12 heteroatoms. The van der Waals surface area contributed by atoms with Crippen molar-refractivity contribution < 1.29 is 40.7 Å². The van der Waals surface area contributed by atoms with Gasteiger partial charge in [-0.3, -0.25) is 14.3 Å². The van der Waals surface area contributed by atoms with E-state index >= 15 is 0 Å². The minimum Gasteiger partial charge on any atom is -0.481 e. The van der Waals surface area contributed by atoms with Gasteiger partial charge in [0.15, 0.2) is 0 Å². The zero-order valence-electron chi connectivity index (χ0n) is 14.5. The van der Waals surface area contributed by atoms with Crippen molar-refractivity contribution in [1.82, 2.24) is 5.32 Å². The summed E-state index contributed by atoms with van der Waals surface area (Å²) in [5, 5.41) is 10.8. The molecule has 0 aliphatic heterocycles. The van der Waals surface area contributed by atoms with Crippen LogP contribution in [0.1, 0.15) is 22.3 Å². The number of hydrogen-bond donors (Lipinski definition) is 3. The molecule has 0 unspecified atom stereocenters. The van der Waals surface area contributed by atoms with Gasteiger partial charge in [0.2, 0.25) is 0 Å². The van der Waals surface area contributed by atoms with E-state index in [9.17, 15) is 35.6 Å². The quantitative estimate of drug-likeness (QED) is 0.580. The topological polar surface area (TPSA) is 113 Å². The van der Waals surface area contributed by atoms with Gasteiger partial charge >= 0.3 is 12.1 Å². The van der Waals surface area contributed by atoms with Crippen molar-refractivity contribution >= 4 is 27.6 Å². The lowest BCUT2D eigenvalue weighted by atomic mass is 10.2. The molecule has 0 aliphatic carbocycles. The van der Waals surface area contributed by atoms with E-state index in [0.717, 1.165) is 18.2 Å². The summed E-state index contributed by atoms with van der Waals surface area (Å²) in [6.07, 6.45) is -5.43. The SMILES string of the molecule is O=C(O)CCNC(=O)c1ccccc1S(=O)(=O)Nc1ccc(F)c(C(F)(F)F)c1. The lowest BCUT2D eigenvalue weighted by Gasteiger charge is -2.14. The first kappa shape index (κ1) is 22.1. The third-order valence-electron chi connectivity index (χ3n) is 3.57. The van der Waals surface area contributed by atoms with Gasteiger partial charge in [0.1, 0.15) is 10.7 Å². The third kappa shape index (κ3) is 5.67. The molecule has 2 aromatic carbocycles. The fourth-order valence-corrected chi connectivity index (χ4v) is 3.54. The van der Waals surface area contributed by atoms with Crippen LogP contribution in [-0.4, -0.2) is 31.9 Å². The number of alkyl halides is 3. The smallest absolute Gasteiger partial charge is 0.419 e. The molecule has 2 rings (SSSR count). The van der Waals surface area contributed by atoms with Gasteiger partial charge in [-0.2, -0.15) is 13.2 Å². The molecule has 0 saturated heterocycles. The molecule has 3 N–H and O–H groups in total. The van der Waals surface area contributed by atoms with Crippen LogP contribution in [0.3, 0.4) is 0 Å². The number of amides is 1. The van der Waals surface area contributed by atoms with Gasteiger partial charge in [-0.05, 0) is 30.3 Å². The number of carbonyl (C=O) groups is 2. The number of carbonyl (C=O) groups excluding carboxylic acids is 1. The molecule has 0 aliphatic rings. The summed E-state index contributed by atoms with van der Waals surface area (Å²) in [6, 6.07) is 6.39. The predicted octanol–water partition coefficient (Wildman–Crippen LogP) is 2.85. The molecular weight excluding hydrogens is 420 g/mol. The number of carboxylic acids is 1. The van der Waals surface area contributed by atoms with E-state index in [4.69, 9.17) is 5.11 Å². The molecule has 7 nitrogen and oxygen atoms in total. The first-order valence-electron chi connectivity index (χ1n) is 7.90. The van der Waals surface area contributed by atoms with Gasteiger partial charge in [-0.25, -0.2) is 12.8 Å². The van der Waals surface area contributed by atoms with E-state index in [-0.39, 0.29) is 12.1 Å². The summed E-state index contributed by atoms with van der Waals surface area (Å²) in [5.74, 6) is -3.63. The van der Waals surface area contributed by atoms with Gasteiger partial charge in [0, 0.05) is 12.2 Å². The molecule has 0 radical (unpaired) electrons. The largest absolute Gasteiger partial charge is 0.481 e. The maximum absolute atomic E-state index is 13.4. The van der Waals surface area contributed by atoms with Crippen molar-refractivity contribution in [2.75, 3.05) is 11.3 Å². The fraction of sp³-hybridized carbons (Fsp3) is 0.176. The van der Waals surface area contributed by atoms with Crippen molar-refractivity contribution in [1.29, 1.82) is 0 Å². The number of benzene rings is 2. The Labute approximate surface area is 162 Å². The van der Waals surface area contributed by atoms with Crippen LogP contribution in [-0.2, 0) is 21.0 Å². The Balaban J connectivity index is 2.33. The van der Waals surface area contributed by atoms with Crippen molar-refractivity contribution in [2.45, 2.75) is 17.5 Å². The zero-order chi connectivity index (χ0) is 21.8. The third-order valence-corrected chi connectivity index (χ3v) is 5.01. The molecule has 0 fully saturated rings. The average Bonchev–Trinajstić information content (AvgIpc) is 2.62. The van der Waals surface area contributed by atoms with Crippen LogP contribution in [0.25, 0.3) is 0 Å². The lowest BCUT2D eigenvalue weighted by Crippen LogP contribution is -2.28.